The van der Waals surface area contributed by atoms with Crippen molar-refractivity contribution in [3.63, 3.8) is 0 Å². The van der Waals surface area contributed by atoms with Gasteiger partial charge in [-0.3, -0.25) is 4.79 Å². The summed E-state index contributed by atoms with van der Waals surface area (Å²) >= 11 is 0. The molecule has 5 nitrogen and oxygen atoms in total. The first-order valence-corrected chi connectivity index (χ1v) is 9.56. The zero-order valence-corrected chi connectivity index (χ0v) is 17.2. The Balaban J connectivity index is 1.79. The fraction of sp³-hybridized carbons (Fsp3) is 0.391. The van der Waals surface area contributed by atoms with Crippen LogP contribution in [0.25, 0.3) is 11.0 Å². The highest BCUT2D eigenvalue weighted by Gasteiger charge is 2.39. The Kier molecular flexibility index (Phi) is 5.31. The maximum Gasteiger partial charge on any atom is 0.313 e. The molecule has 0 amide bonds. The second-order valence-corrected chi connectivity index (χ2v) is 8.87. The van der Waals surface area contributed by atoms with Gasteiger partial charge in [0.15, 0.2) is 0 Å². The smallest absolute Gasteiger partial charge is 0.313 e. The van der Waals surface area contributed by atoms with E-state index < -0.39 is 11.5 Å². The Morgan fingerprint density at radius 1 is 1.11 bits per heavy atom. The van der Waals surface area contributed by atoms with Crippen LogP contribution in [0.1, 0.15) is 57.6 Å². The maximum atomic E-state index is 12.7. The van der Waals surface area contributed by atoms with E-state index in [1.54, 1.807) is 13.8 Å². The Bertz CT molecular complexity index is 968. The molecule has 28 heavy (non-hydrogen) atoms. The monoisotopic (exact) mass is 379 g/mol. The first-order chi connectivity index (χ1) is 13.1. The van der Waals surface area contributed by atoms with Crippen molar-refractivity contribution in [3.8, 4) is 0 Å². The van der Waals surface area contributed by atoms with Crippen LogP contribution in [0.3, 0.4) is 0 Å². The summed E-state index contributed by atoms with van der Waals surface area (Å²) in [7, 11) is 0. The molecule has 3 aromatic rings. The fourth-order valence-corrected chi connectivity index (χ4v) is 3.02. The van der Waals surface area contributed by atoms with Crippen molar-refractivity contribution in [2.75, 3.05) is 0 Å². The number of hydrogen-bond acceptors (Lipinski definition) is 4. The van der Waals surface area contributed by atoms with Crippen molar-refractivity contribution in [2.24, 2.45) is 11.1 Å². The number of aromatic amines is 1. The van der Waals surface area contributed by atoms with Gasteiger partial charge in [0.1, 0.15) is 12.4 Å². The molecule has 0 aliphatic heterocycles. The van der Waals surface area contributed by atoms with Gasteiger partial charge in [0.05, 0.1) is 22.5 Å². The molecule has 0 saturated heterocycles. The SMILES string of the molecule is CC(C)(C)c1ccc2nc([C@@H](N)C(C)(C)C(=O)OCc3ccccc3)[nH]c2c1. The van der Waals surface area contributed by atoms with Crippen LogP contribution in [0.5, 0.6) is 0 Å². The summed E-state index contributed by atoms with van der Waals surface area (Å²) in [5.41, 5.74) is 9.48. The van der Waals surface area contributed by atoms with Gasteiger partial charge in [-0.2, -0.15) is 0 Å². The van der Waals surface area contributed by atoms with E-state index >= 15 is 0 Å². The minimum atomic E-state index is -0.921. The highest BCUT2D eigenvalue weighted by molar-refractivity contribution is 5.79. The molecule has 0 saturated carbocycles. The number of nitrogens with two attached hydrogens (primary N) is 1. The number of imidazole rings is 1. The van der Waals surface area contributed by atoms with E-state index in [4.69, 9.17) is 10.5 Å². The molecule has 1 atom stereocenters. The Morgan fingerprint density at radius 2 is 1.79 bits per heavy atom. The van der Waals surface area contributed by atoms with E-state index in [-0.39, 0.29) is 18.0 Å². The predicted octanol–water partition coefficient (Wildman–Crippen LogP) is 4.63. The van der Waals surface area contributed by atoms with Crippen molar-refractivity contribution in [2.45, 2.75) is 52.7 Å². The Morgan fingerprint density at radius 3 is 2.43 bits per heavy atom. The molecule has 5 heteroatoms. The molecule has 0 bridgehead atoms. The Hall–Kier alpha value is -2.66. The van der Waals surface area contributed by atoms with Crippen LogP contribution in [-0.4, -0.2) is 15.9 Å². The molecule has 0 aliphatic carbocycles. The van der Waals surface area contributed by atoms with Crippen LogP contribution in [0.4, 0.5) is 0 Å². The average molecular weight is 380 g/mol. The van der Waals surface area contributed by atoms with Crippen molar-refractivity contribution in [1.82, 2.24) is 9.97 Å². The number of rotatable bonds is 5. The van der Waals surface area contributed by atoms with Gasteiger partial charge in [-0.05, 0) is 42.5 Å². The van der Waals surface area contributed by atoms with E-state index in [0.29, 0.717) is 5.82 Å². The van der Waals surface area contributed by atoms with Gasteiger partial charge in [0.25, 0.3) is 0 Å². The number of esters is 1. The van der Waals surface area contributed by atoms with Crippen LogP contribution < -0.4 is 5.73 Å². The standard InChI is InChI=1S/C23H29N3O2/c1-22(2,3)16-11-12-17-18(13-16)26-20(25-17)19(24)23(4,5)21(27)28-14-15-9-7-6-8-10-15/h6-13,19H,14,24H2,1-5H3,(H,25,26)/t19-/m1/s1. The topological polar surface area (TPSA) is 81.0 Å². The van der Waals surface area contributed by atoms with Crippen LogP contribution in [0, 0.1) is 5.41 Å². The van der Waals surface area contributed by atoms with Gasteiger partial charge in [0.2, 0.25) is 0 Å². The summed E-state index contributed by atoms with van der Waals surface area (Å²) in [6, 6.07) is 15.2. The summed E-state index contributed by atoms with van der Waals surface area (Å²) in [6.07, 6.45) is 0. The lowest BCUT2D eigenvalue weighted by molar-refractivity contribution is -0.156. The average Bonchev–Trinajstić information content (AvgIpc) is 3.08. The normalized spacial score (nSPS) is 13.5. The number of benzene rings is 2. The molecular weight excluding hydrogens is 350 g/mol. The van der Waals surface area contributed by atoms with Gasteiger partial charge in [0, 0.05) is 0 Å². The van der Waals surface area contributed by atoms with Crippen molar-refractivity contribution in [1.29, 1.82) is 0 Å². The van der Waals surface area contributed by atoms with Gasteiger partial charge in [-0.15, -0.1) is 0 Å². The van der Waals surface area contributed by atoms with Gasteiger partial charge < -0.3 is 15.5 Å². The second kappa shape index (κ2) is 7.40. The lowest BCUT2D eigenvalue weighted by Gasteiger charge is -2.27. The molecule has 0 radical (unpaired) electrons. The minimum Gasteiger partial charge on any atom is -0.460 e. The van der Waals surface area contributed by atoms with Crippen molar-refractivity contribution in [3.05, 3.63) is 65.5 Å². The molecule has 2 aromatic carbocycles. The zero-order chi connectivity index (χ0) is 20.5. The number of H-pyrrole nitrogens is 1. The summed E-state index contributed by atoms with van der Waals surface area (Å²) < 4.78 is 5.51. The predicted molar refractivity (Wildman–Crippen MR) is 112 cm³/mol. The summed E-state index contributed by atoms with van der Waals surface area (Å²) in [6.45, 7) is 10.3. The van der Waals surface area contributed by atoms with Crippen LogP contribution in [-0.2, 0) is 21.6 Å². The Labute approximate surface area is 166 Å². The van der Waals surface area contributed by atoms with Crippen LogP contribution in [0.15, 0.2) is 48.5 Å². The number of hydrogen-bond donors (Lipinski definition) is 2. The molecule has 3 rings (SSSR count). The van der Waals surface area contributed by atoms with Crippen molar-refractivity contribution < 1.29 is 9.53 Å². The zero-order valence-electron chi connectivity index (χ0n) is 17.2. The third-order valence-corrected chi connectivity index (χ3v) is 5.18. The third-order valence-electron chi connectivity index (χ3n) is 5.18. The van der Waals surface area contributed by atoms with Crippen LogP contribution in [0.2, 0.25) is 0 Å². The highest BCUT2D eigenvalue weighted by atomic mass is 16.5. The molecule has 0 fully saturated rings. The first kappa shape index (κ1) is 20.1. The van der Waals surface area contributed by atoms with Crippen LogP contribution >= 0.6 is 0 Å². The summed E-state index contributed by atoms with van der Waals surface area (Å²) in [5.74, 6) is 0.238. The number of fused-ring (bicyclic) bond motifs is 1. The molecule has 1 heterocycles. The maximum absolute atomic E-state index is 12.7. The highest BCUT2D eigenvalue weighted by Crippen LogP contribution is 2.33. The molecule has 3 N–H and O–H groups in total. The lowest BCUT2D eigenvalue weighted by atomic mass is 9.84. The van der Waals surface area contributed by atoms with Crippen molar-refractivity contribution >= 4 is 17.0 Å². The third kappa shape index (κ3) is 4.09. The fourth-order valence-electron chi connectivity index (χ4n) is 3.02. The number of ether oxygens (including phenoxy) is 1. The number of carbonyl (C=O) groups is 1. The summed E-state index contributed by atoms with van der Waals surface area (Å²) in [4.78, 5) is 20.6. The van der Waals surface area contributed by atoms with E-state index in [1.165, 1.54) is 5.56 Å². The minimum absolute atomic E-state index is 0.0437. The first-order valence-electron chi connectivity index (χ1n) is 9.56. The second-order valence-electron chi connectivity index (χ2n) is 8.87. The molecule has 0 aliphatic rings. The van der Waals surface area contributed by atoms with E-state index in [2.05, 4.69) is 42.9 Å². The van der Waals surface area contributed by atoms with E-state index in [9.17, 15) is 4.79 Å². The van der Waals surface area contributed by atoms with E-state index in [0.717, 1.165) is 16.6 Å². The number of nitrogens with one attached hydrogen (secondary N) is 1. The molecule has 0 unspecified atom stereocenters. The molecule has 148 valence electrons. The van der Waals surface area contributed by atoms with Gasteiger partial charge >= 0.3 is 5.97 Å². The molecular formula is C23H29N3O2. The lowest BCUT2D eigenvalue weighted by Crippen LogP contribution is -2.38. The van der Waals surface area contributed by atoms with E-state index in [1.807, 2.05) is 36.4 Å². The number of nitrogens with zero attached hydrogens (tertiary/aromatic N) is 1. The largest absolute Gasteiger partial charge is 0.460 e. The molecule has 1 aromatic heterocycles. The summed E-state index contributed by atoms with van der Waals surface area (Å²) in [5, 5.41) is 0. The number of carbonyl (C=O) groups excluding carboxylic acids is 1. The quantitative estimate of drug-likeness (QED) is 0.633. The number of aromatic nitrogens is 2. The molecule has 0 spiro atoms. The van der Waals surface area contributed by atoms with Gasteiger partial charge in [-0.25, -0.2) is 4.98 Å². The van der Waals surface area contributed by atoms with Gasteiger partial charge in [-0.1, -0.05) is 57.2 Å².